The maximum atomic E-state index is 12.8. The van der Waals surface area contributed by atoms with Crippen LogP contribution in [0.3, 0.4) is 0 Å². The van der Waals surface area contributed by atoms with Crippen molar-refractivity contribution in [3.8, 4) is 0 Å². The molecule has 0 fully saturated rings. The Balaban J connectivity index is 3.10. The Kier molecular flexibility index (Phi) is 5.94. The van der Waals surface area contributed by atoms with E-state index < -0.39 is 28.7 Å². The third-order valence-corrected chi connectivity index (χ3v) is 4.66. The number of alkyl halides is 1. The van der Waals surface area contributed by atoms with E-state index in [9.17, 15) is 12.8 Å². The summed E-state index contributed by atoms with van der Waals surface area (Å²) >= 11 is 0. The zero-order valence-electron chi connectivity index (χ0n) is 11.2. The van der Waals surface area contributed by atoms with Gasteiger partial charge >= 0.3 is 0 Å². The maximum absolute atomic E-state index is 12.8. The minimum atomic E-state index is -3.28. The molecule has 0 aliphatic carbocycles. The Labute approximate surface area is 117 Å². The quantitative estimate of drug-likeness (QED) is 0.440. The van der Waals surface area contributed by atoms with Gasteiger partial charge in [0, 0.05) is 12.0 Å². The first kappa shape index (κ1) is 16.4. The SMILES string of the molecule is CCS(=O)(=O)c1ccc([C@@H](OC)[C@@H](CF)N=[N+]=[N-])cc1. The lowest BCUT2D eigenvalue weighted by Crippen LogP contribution is -2.20. The van der Waals surface area contributed by atoms with Gasteiger partial charge in [-0.25, -0.2) is 8.42 Å². The van der Waals surface area contributed by atoms with Gasteiger partial charge in [-0.1, -0.05) is 24.2 Å². The van der Waals surface area contributed by atoms with Gasteiger partial charge in [0.15, 0.2) is 9.84 Å². The Morgan fingerprint density at radius 2 is 2.00 bits per heavy atom. The molecule has 0 bridgehead atoms. The predicted molar refractivity (Wildman–Crippen MR) is 72.8 cm³/mol. The first-order valence-corrected chi connectivity index (χ1v) is 7.61. The van der Waals surface area contributed by atoms with Crippen LogP contribution in [-0.4, -0.2) is 34.0 Å². The van der Waals surface area contributed by atoms with Gasteiger partial charge in [-0.2, -0.15) is 0 Å². The van der Waals surface area contributed by atoms with Crippen molar-refractivity contribution >= 4 is 9.84 Å². The summed E-state index contributed by atoms with van der Waals surface area (Å²) in [5, 5.41) is 3.34. The van der Waals surface area contributed by atoms with Crippen molar-refractivity contribution in [3.05, 3.63) is 40.3 Å². The predicted octanol–water partition coefficient (Wildman–Crippen LogP) is 2.82. The molecule has 0 spiro atoms. The maximum Gasteiger partial charge on any atom is 0.178 e. The smallest absolute Gasteiger partial charge is 0.178 e. The molecule has 0 saturated carbocycles. The zero-order chi connectivity index (χ0) is 15.2. The number of hydrogen-bond donors (Lipinski definition) is 0. The van der Waals surface area contributed by atoms with Crippen molar-refractivity contribution in [2.24, 2.45) is 5.11 Å². The van der Waals surface area contributed by atoms with Crippen molar-refractivity contribution in [3.63, 3.8) is 0 Å². The molecule has 0 N–H and O–H groups in total. The van der Waals surface area contributed by atoms with E-state index in [2.05, 4.69) is 10.0 Å². The number of methoxy groups -OCH3 is 1. The molecule has 0 amide bonds. The lowest BCUT2D eigenvalue weighted by atomic mass is 10.0. The van der Waals surface area contributed by atoms with E-state index in [0.29, 0.717) is 5.56 Å². The topological polar surface area (TPSA) is 92.1 Å². The summed E-state index contributed by atoms with van der Waals surface area (Å²) in [7, 11) is -1.91. The highest BCUT2D eigenvalue weighted by atomic mass is 32.2. The second-order valence-corrected chi connectivity index (χ2v) is 6.33. The second-order valence-electron chi connectivity index (χ2n) is 4.06. The zero-order valence-corrected chi connectivity index (χ0v) is 12.0. The largest absolute Gasteiger partial charge is 0.376 e. The van der Waals surface area contributed by atoms with Crippen molar-refractivity contribution in [1.82, 2.24) is 0 Å². The number of nitrogens with zero attached hydrogens (tertiary/aromatic N) is 3. The molecule has 0 unspecified atom stereocenters. The number of benzene rings is 1. The molecule has 0 saturated heterocycles. The molecular weight excluding hydrogens is 285 g/mol. The normalized spacial score (nSPS) is 14.3. The summed E-state index contributed by atoms with van der Waals surface area (Å²) in [4.78, 5) is 2.77. The third kappa shape index (κ3) is 3.69. The van der Waals surface area contributed by atoms with Crippen LogP contribution in [0.25, 0.3) is 10.4 Å². The Morgan fingerprint density at radius 1 is 1.40 bits per heavy atom. The molecule has 0 radical (unpaired) electrons. The average Bonchev–Trinajstić information content (AvgIpc) is 2.47. The van der Waals surface area contributed by atoms with E-state index in [1.807, 2.05) is 0 Å². The van der Waals surface area contributed by atoms with Crippen LogP contribution < -0.4 is 0 Å². The van der Waals surface area contributed by atoms with Crippen LogP contribution in [0.2, 0.25) is 0 Å². The van der Waals surface area contributed by atoms with E-state index >= 15 is 0 Å². The second kappa shape index (κ2) is 7.23. The van der Waals surface area contributed by atoms with Crippen LogP contribution in [-0.2, 0) is 14.6 Å². The highest BCUT2D eigenvalue weighted by Gasteiger charge is 2.22. The van der Waals surface area contributed by atoms with Crippen molar-refractivity contribution in [1.29, 1.82) is 0 Å². The summed E-state index contributed by atoms with van der Waals surface area (Å²) in [6.45, 7) is 0.694. The summed E-state index contributed by atoms with van der Waals surface area (Å²) < 4.78 is 41.4. The van der Waals surface area contributed by atoms with Crippen LogP contribution >= 0.6 is 0 Å². The molecule has 8 heteroatoms. The minimum Gasteiger partial charge on any atom is -0.376 e. The first-order chi connectivity index (χ1) is 9.50. The fourth-order valence-corrected chi connectivity index (χ4v) is 2.67. The highest BCUT2D eigenvalue weighted by molar-refractivity contribution is 7.91. The molecule has 2 atom stereocenters. The van der Waals surface area contributed by atoms with Gasteiger partial charge in [-0.05, 0) is 23.2 Å². The Bertz CT molecular complexity index is 582. The standard InChI is InChI=1S/C12H16FN3O3S/c1-3-20(17,18)10-6-4-9(5-7-10)12(19-2)11(8-13)15-16-14/h4-7,11-12H,3,8H2,1-2H3/t11-,12-/m1/s1. The molecule has 0 aromatic heterocycles. The fourth-order valence-electron chi connectivity index (χ4n) is 1.79. The summed E-state index contributed by atoms with van der Waals surface area (Å²) in [6, 6.07) is 4.95. The van der Waals surface area contributed by atoms with Gasteiger partial charge < -0.3 is 4.74 Å². The lowest BCUT2D eigenvalue weighted by molar-refractivity contribution is 0.0721. The Morgan fingerprint density at radius 3 is 2.40 bits per heavy atom. The van der Waals surface area contributed by atoms with Gasteiger partial charge in [-0.3, -0.25) is 4.39 Å². The van der Waals surface area contributed by atoms with E-state index in [4.69, 9.17) is 10.3 Å². The summed E-state index contributed by atoms with van der Waals surface area (Å²) in [5.74, 6) is 0.00584. The van der Waals surface area contributed by atoms with Gasteiger partial charge in [-0.15, -0.1) is 0 Å². The molecule has 0 aliphatic heterocycles. The average molecular weight is 301 g/mol. The summed E-state index contributed by atoms with van der Waals surface area (Å²) in [6.07, 6.45) is -0.755. The molecule has 20 heavy (non-hydrogen) atoms. The molecule has 110 valence electrons. The number of azide groups is 1. The molecule has 1 aromatic carbocycles. The number of sulfone groups is 1. The van der Waals surface area contributed by atoms with E-state index in [0.717, 1.165) is 0 Å². The lowest BCUT2D eigenvalue weighted by Gasteiger charge is -2.20. The molecule has 0 heterocycles. The van der Waals surface area contributed by atoms with Gasteiger partial charge in [0.1, 0.15) is 6.67 Å². The van der Waals surface area contributed by atoms with Crippen molar-refractivity contribution < 1.29 is 17.5 Å². The fraction of sp³-hybridized carbons (Fsp3) is 0.500. The molecule has 1 rings (SSSR count). The van der Waals surface area contributed by atoms with E-state index in [-0.39, 0.29) is 10.6 Å². The molecule has 1 aromatic rings. The van der Waals surface area contributed by atoms with Gasteiger partial charge in [0.2, 0.25) is 0 Å². The molecular formula is C12H16FN3O3S. The van der Waals surface area contributed by atoms with Crippen LogP contribution in [0.5, 0.6) is 0 Å². The van der Waals surface area contributed by atoms with Crippen LogP contribution in [0.1, 0.15) is 18.6 Å². The molecule has 0 aliphatic rings. The van der Waals surface area contributed by atoms with Crippen LogP contribution in [0.15, 0.2) is 34.3 Å². The minimum absolute atomic E-state index is 0.00584. The van der Waals surface area contributed by atoms with Crippen LogP contribution in [0, 0.1) is 0 Å². The number of ether oxygens (including phenoxy) is 1. The van der Waals surface area contributed by atoms with E-state index in [1.165, 1.54) is 31.4 Å². The first-order valence-electron chi connectivity index (χ1n) is 5.95. The third-order valence-electron chi connectivity index (χ3n) is 2.91. The number of halogens is 1. The Hall–Kier alpha value is -1.63. The van der Waals surface area contributed by atoms with E-state index in [1.54, 1.807) is 6.92 Å². The monoisotopic (exact) mass is 301 g/mol. The van der Waals surface area contributed by atoms with Crippen LogP contribution in [0.4, 0.5) is 4.39 Å². The van der Waals surface area contributed by atoms with Crippen molar-refractivity contribution in [2.45, 2.75) is 24.0 Å². The number of rotatable bonds is 7. The van der Waals surface area contributed by atoms with Gasteiger partial charge in [0.05, 0.1) is 22.8 Å². The number of hydrogen-bond acceptors (Lipinski definition) is 4. The molecule has 6 nitrogen and oxygen atoms in total. The highest BCUT2D eigenvalue weighted by Crippen LogP contribution is 2.25. The van der Waals surface area contributed by atoms with Gasteiger partial charge in [0.25, 0.3) is 0 Å². The van der Waals surface area contributed by atoms with Crippen molar-refractivity contribution in [2.75, 3.05) is 19.5 Å². The summed E-state index contributed by atoms with van der Waals surface area (Å²) in [5.41, 5.74) is 8.95.